The number of ketones is 1. The van der Waals surface area contributed by atoms with Crippen molar-refractivity contribution in [1.29, 1.82) is 0 Å². The minimum absolute atomic E-state index is 0.0715. The average molecular weight is 272 g/mol. The van der Waals surface area contributed by atoms with Crippen molar-refractivity contribution in [3.05, 3.63) is 29.3 Å². The van der Waals surface area contributed by atoms with Crippen LogP contribution in [-0.4, -0.2) is 24.3 Å². The summed E-state index contributed by atoms with van der Waals surface area (Å²) in [5.74, 6) is -2.62. The molecule has 0 heterocycles. The summed E-state index contributed by atoms with van der Waals surface area (Å²) in [6, 6.07) is 1.64. The van der Waals surface area contributed by atoms with Gasteiger partial charge in [0, 0.05) is 11.6 Å². The van der Waals surface area contributed by atoms with E-state index in [1.54, 1.807) is 6.92 Å². The number of hydrogen-bond acceptors (Lipinski definition) is 2. The van der Waals surface area contributed by atoms with E-state index in [1.165, 1.54) is 0 Å². The van der Waals surface area contributed by atoms with Gasteiger partial charge in [-0.05, 0) is 32.9 Å². The minimum atomic E-state index is -1.30. The van der Waals surface area contributed by atoms with Crippen molar-refractivity contribution in [3.63, 3.8) is 0 Å². The van der Waals surface area contributed by atoms with Crippen molar-refractivity contribution >= 4 is 17.3 Å². The highest BCUT2D eigenvalue weighted by Gasteiger charge is 2.15. The number of hydrogen-bond donors (Lipinski definition) is 1. The molecule has 0 aliphatic carbocycles. The second kappa shape index (κ2) is 6.36. The molecule has 0 fully saturated rings. The van der Waals surface area contributed by atoms with Crippen molar-refractivity contribution < 1.29 is 18.0 Å². The molecule has 0 radical (unpaired) electrons. The van der Waals surface area contributed by atoms with Gasteiger partial charge >= 0.3 is 0 Å². The van der Waals surface area contributed by atoms with E-state index < -0.39 is 29.8 Å². The molecule has 0 aliphatic heterocycles. The van der Waals surface area contributed by atoms with Crippen LogP contribution in [0.4, 0.5) is 18.9 Å². The lowest BCUT2D eigenvalue weighted by Gasteiger charge is -2.10. The first-order chi connectivity index (χ1) is 8.85. The molecule has 0 bridgehead atoms. The number of Topliss-reactive ketones (excluding diaryl/α,β-unsaturated/α-hetero) is 1. The Kier molecular flexibility index (Phi) is 5.09. The fourth-order valence-corrected chi connectivity index (χ4v) is 1.53. The molecule has 0 spiro atoms. The van der Waals surface area contributed by atoms with Crippen LogP contribution in [-0.2, 0) is 0 Å². The van der Waals surface area contributed by atoms with Gasteiger partial charge in [-0.25, -0.2) is 18.2 Å². The Morgan fingerprint density at radius 2 is 1.84 bits per heavy atom. The number of aliphatic imine (C=N–C) groups is 1. The van der Waals surface area contributed by atoms with E-state index in [4.69, 9.17) is 0 Å². The third kappa shape index (κ3) is 4.08. The topological polar surface area (TPSA) is 41.5 Å². The summed E-state index contributed by atoms with van der Waals surface area (Å²) in [4.78, 5) is 14.8. The monoisotopic (exact) mass is 272 g/mol. The number of benzene rings is 1. The molecule has 3 nitrogen and oxygen atoms in total. The predicted molar refractivity (Wildman–Crippen MR) is 67.7 cm³/mol. The summed E-state index contributed by atoms with van der Waals surface area (Å²) in [5, 5.41) is 2.88. The summed E-state index contributed by atoms with van der Waals surface area (Å²) in [6.07, 6.45) is 0. The maximum atomic E-state index is 13.7. The average Bonchev–Trinajstić information content (AvgIpc) is 2.31. The number of amidine groups is 1. The Hall–Kier alpha value is -1.85. The molecule has 0 unspecified atom stereocenters. The SMILES string of the molecule is C/C(=N/c1c(F)cc(C(=O)CF)cc1F)NC(C)C. The summed E-state index contributed by atoms with van der Waals surface area (Å²) in [7, 11) is 0. The maximum Gasteiger partial charge on any atom is 0.194 e. The van der Waals surface area contributed by atoms with E-state index in [0.717, 1.165) is 12.1 Å². The number of nitrogens with one attached hydrogen (secondary N) is 1. The van der Waals surface area contributed by atoms with Gasteiger partial charge in [0.25, 0.3) is 0 Å². The third-order valence-electron chi connectivity index (χ3n) is 2.24. The first-order valence-corrected chi connectivity index (χ1v) is 5.75. The van der Waals surface area contributed by atoms with E-state index in [1.807, 2.05) is 13.8 Å². The number of halogens is 3. The predicted octanol–water partition coefficient (Wildman–Crippen LogP) is 3.16. The highest BCUT2D eigenvalue weighted by molar-refractivity contribution is 5.97. The highest BCUT2D eigenvalue weighted by atomic mass is 19.1. The lowest BCUT2D eigenvalue weighted by molar-refractivity contribution is 0.0958. The summed E-state index contributed by atoms with van der Waals surface area (Å²) in [5.41, 5.74) is -0.841. The zero-order chi connectivity index (χ0) is 14.6. The van der Waals surface area contributed by atoms with Crippen LogP contribution in [0.5, 0.6) is 0 Å². The van der Waals surface area contributed by atoms with Gasteiger partial charge in [0.15, 0.2) is 24.1 Å². The molecule has 1 rings (SSSR count). The normalized spacial score (nSPS) is 11.8. The number of alkyl halides is 1. The van der Waals surface area contributed by atoms with Crippen LogP contribution in [0.15, 0.2) is 17.1 Å². The van der Waals surface area contributed by atoms with E-state index in [-0.39, 0.29) is 11.6 Å². The van der Waals surface area contributed by atoms with Crippen LogP contribution >= 0.6 is 0 Å². The largest absolute Gasteiger partial charge is 0.372 e. The van der Waals surface area contributed by atoms with Crippen LogP contribution in [0.25, 0.3) is 0 Å². The van der Waals surface area contributed by atoms with Gasteiger partial charge < -0.3 is 5.32 Å². The molecule has 1 aromatic rings. The molecular formula is C13H15F3N2O. The van der Waals surface area contributed by atoms with Crippen LogP contribution in [0.1, 0.15) is 31.1 Å². The minimum Gasteiger partial charge on any atom is -0.372 e. The first kappa shape index (κ1) is 15.2. The quantitative estimate of drug-likeness (QED) is 0.519. The molecule has 6 heteroatoms. The maximum absolute atomic E-state index is 13.7. The van der Waals surface area contributed by atoms with Crippen molar-refractivity contribution in [3.8, 4) is 0 Å². The standard InChI is InChI=1S/C13H15F3N2O/c1-7(2)17-8(3)18-13-10(15)4-9(5-11(13)16)12(19)6-14/h4-5,7H,6H2,1-3H3,(H,17,18). The Labute approximate surface area is 109 Å². The first-order valence-electron chi connectivity index (χ1n) is 5.75. The van der Waals surface area contributed by atoms with E-state index in [0.29, 0.717) is 5.84 Å². The number of nitrogens with zero attached hydrogens (tertiary/aromatic N) is 1. The Morgan fingerprint density at radius 1 is 1.32 bits per heavy atom. The smallest absolute Gasteiger partial charge is 0.194 e. The fourth-order valence-electron chi connectivity index (χ4n) is 1.53. The molecule has 0 amide bonds. The summed E-state index contributed by atoms with van der Waals surface area (Å²) in [6.45, 7) is 3.98. The van der Waals surface area contributed by atoms with Crippen molar-refractivity contribution in [1.82, 2.24) is 5.32 Å². The van der Waals surface area contributed by atoms with E-state index in [2.05, 4.69) is 10.3 Å². The van der Waals surface area contributed by atoms with Gasteiger partial charge in [0.1, 0.15) is 5.69 Å². The molecule has 1 N–H and O–H groups in total. The van der Waals surface area contributed by atoms with Gasteiger partial charge in [0.2, 0.25) is 0 Å². The Bertz CT molecular complexity index is 490. The Balaban J connectivity index is 3.14. The van der Waals surface area contributed by atoms with Gasteiger partial charge in [-0.15, -0.1) is 0 Å². The molecule has 1 aromatic carbocycles. The third-order valence-corrected chi connectivity index (χ3v) is 2.24. The van der Waals surface area contributed by atoms with Gasteiger partial charge in [-0.1, -0.05) is 0 Å². The lowest BCUT2D eigenvalue weighted by atomic mass is 10.1. The van der Waals surface area contributed by atoms with Crippen LogP contribution < -0.4 is 5.32 Å². The van der Waals surface area contributed by atoms with Crippen LogP contribution in [0.2, 0.25) is 0 Å². The van der Waals surface area contributed by atoms with E-state index in [9.17, 15) is 18.0 Å². The number of rotatable bonds is 4. The molecule has 104 valence electrons. The summed E-state index contributed by atoms with van der Waals surface area (Å²) < 4.78 is 39.5. The van der Waals surface area contributed by atoms with Crippen molar-refractivity contribution in [2.45, 2.75) is 26.8 Å². The number of carbonyl (C=O) groups is 1. The second-order valence-corrected chi connectivity index (χ2v) is 4.34. The second-order valence-electron chi connectivity index (χ2n) is 4.34. The lowest BCUT2D eigenvalue weighted by Crippen LogP contribution is -2.27. The molecule has 0 saturated heterocycles. The molecule has 0 saturated carbocycles. The summed E-state index contributed by atoms with van der Waals surface area (Å²) >= 11 is 0. The Morgan fingerprint density at radius 3 is 2.26 bits per heavy atom. The van der Waals surface area contributed by atoms with Gasteiger partial charge in [-0.2, -0.15) is 0 Å². The highest BCUT2D eigenvalue weighted by Crippen LogP contribution is 2.24. The molecular weight excluding hydrogens is 257 g/mol. The molecule has 19 heavy (non-hydrogen) atoms. The van der Waals surface area contributed by atoms with E-state index >= 15 is 0 Å². The fraction of sp³-hybridized carbons (Fsp3) is 0.385. The zero-order valence-electron chi connectivity index (χ0n) is 10.9. The molecule has 0 aromatic heterocycles. The number of carbonyl (C=O) groups excluding carboxylic acids is 1. The van der Waals surface area contributed by atoms with Gasteiger partial charge in [0.05, 0.1) is 5.84 Å². The molecule has 0 atom stereocenters. The molecule has 0 aliphatic rings. The van der Waals surface area contributed by atoms with Crippen molar-refractivity contribution in [2.75, 3.05) is 6.67 Å². The van der Waals surface area contributed by atoms with Gasteiger partial charge in [-0.3, -0.25) is 4.79 Å². The van der Waals surface area contributed by atoms with Crippen LogP contribution in [0, 0.1) is 11.6 Å². The van der Waals surface area contributed by atoms with Crippen LogP contribution in [0.3, 0.4) is 0 Å². The van der Waals surface area contributed by atoms with Crippen molar-refractivity contribution in [2.24, 2.45) is 4.99 Å². The zero-order valence-corrected chi connectivity index (χ0v) is 10.9.